The van der Waals surface area contributed by atoms with Gasteiger partial charge in [0.2, 0.25) is 5.91 Å². The number of amides is 2. The second kappa shape index (κ2) is 9.07. The van der Waals surface area contributed by atoms with E-state index >= 15 is 0 Å². The van der Waals surface area contributed by atoms with Gasteiger partial charge in [0.25, 0.3) is 5.91 Å². The first kappa shape index (κ1) is 18.8. The molecule has 142 valence electrons. The van der Waals surface area contributed by atoms with E-state index in [4.69, 9.17) is 4.74 Å². The van der Waals surface area contributed by atoms with Crippen LogP contribution in [0.4, 0.5) is 11.4 Å². The van der Waals surface area contributed by atoms with E-state index in [1.165, 1.54) is 0 Å². The molecule has 0 aromatic heterocycles. The van der Waals surface area contributed by atoms with Gasteiger partial charge in [0.1, 0.15) is 5.75 Å². The van der Waals surface area contributed by atoms with Crippen LogP contribution < -0.4 is 15.4 Å². The zero-order valence-electron chi connectivity index (χ0n) is 15.5. The van der Waals surface area contributed by atoms with E-state index in [1.807, 2.05) is 48.2 Å². The lowest BCUT2D eigenvalue weighted by molar-refractivity contribution is -0.114. The van der Waals surface area contributed by atoms with Crippen LogP contribution in [0.5, 0.6) is 5.75 Å². The minimum atomic E-state index is -0.167. The molecule has 1 fully saturated rings. The number of anilines is 2. The van der Waals surface area contributed by atoms with Crippen molar-refractivity contribution < 1.29 is 14.3 Å². The molecular weight excluding hydrogens is 342 g/mol. The van der Waals surface area contributed by atoms with Crippen molar-refractivity contribution in [2.24, 2.45) is 0 Å². The van der Waals surface area contributed by atoms with Gasteiger partial charge in [0, 0.05) is 24.3 Å². The first-order chi connectivity index (χ1) is 13.2. The number of hydrogen-bond acceptors (Lipinski definition) is 4. The molecule has 1 aliphatic heterocycles. The van der Waals surface area contributed by atoms with Gasteiger partial charge in [-0.1, -0.05) is 12.1 Å². The van der Waals surface area contributed by atoms with Gasteiger partial charge in [0.15, 0.2) is 0 Å². The van der Waals surface area contributed by atoms with E-state index in [2.05, 4.69) is 10.6 Å². The van der Waals surface area contributed by atoms with E-state index < -0.39 is 0 Å². The number of hydrogen-bond donors (Lipinski definition) is 2. The van der Waals surface area contributed by atoms with Gasteiger partial charge in [-0.25, -0.2) is 0 Å². The van der Waals surface area contributed by atoms with Crippen LogP contribution in [0.2, 0.25) is 0 Å². The molecule has 2 aromatic carbocycles. The second-order valence-electron chi connectivity index (χ2n) is 6.41. The summed E-state index contributed by atoms with van der Waals surface area (Å²) in [5, 5.41) is 5.92. The van der Waals surface area contributed by atoms with Gasteiger partial charge in [0.05, 0.1) is 18.8 Å². The first-order valence-electron chi connectivity index (χ1n) is 9.32. The summed E-state index contributed by atoms with van der Waals surface area (Å²) in [6.07, 6.45) is 2.15. The summed E-state index contributed by atoms with van der Waals surface area (Å²) < 4.78 is 5.51. The average Bonchev–Trinajstić information content (AvgIpc) is 3.23. The fraction of sp³-hybridized carbons (Fsp3) is 0.333. The third kappa shape index (κ3) is 5.00. The Balaban J connectivity index is 1.52. The molecule has 0 atom stereocenters. The normalized spacial score (nSPS) is 13.3. The van der Waals surface area contributed by atoms with E-state index in [0.29, 0.717) is 23.6 Å². The third-order valence-corrected chi connectivity index (χ3v) is 4.44. The summed E-state index contributed by atoms with van der Waals surface area (Å²) in [6, 6.07) is 14.6. The molecule has 0 aliphatic carbocycles. The van der Waals surface area contributed by atoms with Crippen LogP contribution in [-0.4, -0.2) is 43.0 Å². The lowest BCUT2D eigenvalue weighted by Gasteiger charge is -2.15. The summed E-state index contributed by atoms with van der Waals surface area (Å²) in [7, 11) is 0. The lowest BCUT2D eigenvalue weighted by Crippen LogP contribution is -2.27. The number of carbonyl (C=O) groups is 2. The number of ether oxygens (including phenoxy) is 1. The van der Waals surface area contributed by atoms with Crippen molar-refractivity contribution in [3.63, 3.8) is 0 Å². The van der Waals surface area contributed by atoms with E-state index in [9.17, 15) is 9.59 Å². The smallest absolute Gasteiger partial charge is 0.253 e. The van der Waals surface area contributed by atoms with E-state index in [-0.39, 0.29) is 18.4 Å². The quantitative estimate of drug-likeness (QED) is 0.787. The predicted octanol–water partition coefficient (Wildman–Crippen LogP) is 3.37. The number of benzene rings is 2. The molecule has 0 saturated carbocycles. The molecule has 2 aromatic rings. The molecule has 6 nitrogen and oxygen atoms in total. The Labute approximate surface area is 159 Å². The molecule has 0 bridgehead atoms. The number of nitrogens with zero attached hydrogens (tertiary/aromatic N) is 1. The largest absolute Gasteiger partial charge is 0.492 e. The number of rotatable bonds is 7. The minimum absolute atomic E-state index is 0.0734. The first-order valence-corrected chi connectivity index (χ1v) is 9.32. The maximum absolute atomic E-state index is 12.3. The highest BCUT2D eigenvalue weighted by molar-refractivity contribution is 5.96. The monoisotopic (exact) mass is 367 g/mol. The molecule has 27 heavy (non-hydrogen) atoms. The fourth-order valence-corrected chi connectivity index (χ4v) is 3.06. The highest BCUT2D eigenvalue weighted by atomic mass is 16.5. The van der Waals surface area contributed by atoms with Gasteiger partial charge >= 0.3 is 0 Å². The highest BCUT2D eigenvalue weighted by Gasteiger charge is 2.19. The average molecular weight is 367 g/mol. The van der Waals surface area contributed by atoms with Crippen LogP contribution in [0.1, 0.15) is 30.1 Å². The highest BCUT2D eigenvalue weighted by Crippen LogP contribution is 2.23. The van der Waals surface area contributed by atoms with Crippen LogP contribution in [0.3, 0.4) is 0 Å². The Morgan fingerprint density at radius 1 is 1.04 bits per heavy atom. The van der Waals surface area contributed by atoms with Gasteiger partial charge in [-0.05, 0) is 56.2 Å². The summed E-state index contributed by atoms with van der Waals surface area (Å²) in [6.45, 7) is 4.23. The Morgan fingerprint density at radius 2 is 1.74 bits per heavy atom. The van der Waals surface area contributed by atoms with Crippen LogP contribution in [0.15, 0.2) is 48.5 Å². The summed E-state index contributed by atoms with van der Waals surface area (Å²) in [5.41, 5.74) is 2.12. The van der Waals surface area contributed by atoms with Crippen molar-refractivity contribution in [3.05, 3.63) is 54.1 Å². The number of para-hydroxylation sites is 2. The number of nitrogens with one attached hydrogen (secondary N) is 2. The predicted molar refractivity (Wildman–Crippen MR) is 106 cm³/mol. The minimum Gasteiger partial charge on any atom is -0.492 e. The molecule has 1 saturated heterocycles. The van der Waals surface area contributed by atoms with Crippen molar-refractivity contribution >= 4 is 23.2 Å². The SMILES string of the molecule is CCOc1ccccc1NC(=O)CNc1ccc(C(=O)N2CCCC2)cc1. The Morgan fingerprint density at radius 3 is 2.44 bits per heavy atom. The third-order valence-electron chi connectivity index (χ3n) is 4.44. The molecule has 2 N–H and O–H groups in total. The van der Waals surface area contributed by atoms with Crippen molar-refractivity contribution in [1.29, 1.82) is 0 Å². The molecule has 0 unspecified atom stereocenters. The molecule has 1 aliphatic rings. The summed E-state index contributed by atoms with van der Waals surface area (Å²) >= 11 is 0. The Bertz CT molecular complexity index is 784. The molecule has 0 radical (unpaired) electrons. The number of likely N-dealkylation sites (tertiary alicyclic amines) is 1. The van der Waals surface area contributed by atoms with Gasteiger partial charge in [-0.3, -0.25) is 9.59 Å². The molecule has 1 heterocycles. The Kier molecular flexibility index (Phi) is 6.30. The van der Waals surface area contributed by atoms with Crippen LogP contribution in [0.25, 0.3) is 0 Å². The van der Waals surface area contributed by atoms with E-state index in [0.717, 1.165) is 31.6 Å². The zero-order chi connectivity index (χ0) is 19.1. The van der Waals surface area contributed by atoms with E-state index in [1.54, 1.807) is 12.1 Å². The molecular formula is C21H25N3O3. The van der Waals surface area contributed by atoms with Crippen molar-refractivity contribution in [3.8, 4) is 5.75 Å². The van der Waals surface area contributed by atoms with Crippen molar-refractivity contribution in [1.82, 2.24) is 4.90 Å². The van der Waals surface area contributed by atoms with Crippen LogP contribution in [-0.2, 0) is 4.79 Å². The Hall–Kier alpha value is -3.02. The lowest BCUT2D eigenvalue weighted by atomic mass is 10.2. The fourth-order valence-electron chi connectivity index (χ4n) is 3.06. The standard InChI is InChI=1S/C21H25N3O3/c1-2-27-19-8-4-3-7-18(19)23-20(25)15-22-17-11-9-16(10-12-17)21(26)24-13-5-6-14-24/h3-4,7-12,22H,2,5-6,13-15H2,1H3,(H,23,25). The zero-order valence-corrected chi connectivity index (χ0v) is 15.5. The summed E-state index contributed by atoms with van der Waals surface area (Å²) in [5.74, 6) is 0.557. The number of carbonyl (C=O) groups excluding carboxylic acids is 2. The molecule has 2 amide bonds. The van der Waals surface area contributed by atoms with Crippen LogP contribution >= 0.6 is 0 Å². The molecule has 6 heteroatoms. The maximum Gasteiger partial charge on any atom is 0.253 e. The van der Waals surface area contributed by atoms with Crippen LogP contribution in [0, 0.1) is 0 Å². The maximum atomic E-state index is 12.3. The summed E-state index contributed by atoms with van der Waals surface area (Å²) in [4.78, 5) is 26.4. The van der Waals surface area contributed by atoms with Gasteiger partial charge < -0.3 is 20.3 Å². The molecule has 0 spiro atoms. The van der Waals surface area contributed by atoms with Crippen molar-refractivity contribution in [2.75, 3.05) is 36.9 Å². The topological polar surface area (TPSA) is 70.7 Å². The molecule has 3 rings (SSSR count). The van der Waals surface area contributed by atoms with Crippen molar-refractivity contribution in [2.45, 2.75) is 19.8 Å². The van der Waals surface area contributed by atoms with Gasteiger partial charge in [-0.15, -0.1) is 0 Å². The second-order valence-corrected chi connectivity index (χ2v) is 6.41. The van der Waals surface area contributed by atoms with Gasteiger partial charge in [-0.2, -0.15) is 0 Å².